The van der Waals surface area contributed by atoms with Crippen molar-refractivity contribution in [2.24, 2.45) is 0 Å². The van der Waals surface area contributed by atoms with Crippen molar-refractivity contribution in [3.8, 4) is 11.1 Å². The fourth-order valence-electron chi connectivity index (χ4n) is 5.57. The van der Waals surface area contributed by atoms with Crippen LogP contribution in [0.1, 0.15) is 50.3 Å². The summed E-state index contributed by atoms with van der Waals surface area (Å²) >= 11 is 0. The highest BCUT2D eigenvalue weighted by atomic mass is 16.7. The fourth-order valence-corrected chi connectivity index (χ4v) is 5.57. The Labute approximate surface area is 239 Å². The van der Waals surface area contributed by atoms with Gasteiger partial charge in [-0.05, 0) is 67.1 Å². The van der Waals surface area contributed by atoms with E-state index in [1.54, 1.807) is 12.3 Å². The summed E-state index contributed by atoms with van der Waals surface area (Å²) in [6, 6.07) is 23.5. The number of alkyl carbamates (subject to hydrolysis) is 1. The van der Waals surface area contributed by atoms with Crippen LogP contribution < -0.4 is 10.7 Å². The Morgan fingerprint density at radius 1 is 0.927 bits per heavy atom. The summed E-state index contributed by atoms with van der Waals surface area (Å²) in [7, 11) is -0.695. The largest absolute Gasteiger partial charge is 0.492 e. The number of ether oxygens (including phenoxy) is 1. The number of amides is 1. The van der Waals surface area contributed by atoms with Crippen LogP contribution in [-0.2, 0) is 14.0 Å². The minimum absolute atomic E-state index is 0.0289. The average Bonchev–Trinajstić information content (AvgIpc) is 3.39. The van der Waals surface area contributed by atoms with E-state index >= 15 is 0 Å². The van der Waals surface area contributed by atoms with Gasteiger partial charge < -0.3 is 24.3 Å². The zero-order valence-corrected chi connectivity index (χ0v) is 23.7. The van der Waals surface area contributed by atoms with E-state index in [-0.39, 0.29) is 24.5 Å². The van der Waals surface area contributed by atoms with Crippen molar-refractivity contribution in [3.05, 3.63) is 111 Å². The monoisotopic (exact) mass is 548 g/mol. The molecule has 1 amide bonds. The van der Waals surface area contributed by atoms with Gasteiger partial charge in [0.05, 0.1) is 16.7 Å². The van der Waals surface area contributed by atoms with E-state index in [9.17, 15) is 9.59 Å². The highest BCUT2D eigenvalue weighted by Crippen LogP contribution is 2.44. The highest BCUT2D eigenvalue weighted by Gasteiger charge is 2.52. The number of rotatable bonds is 6. The molecule has 4 aromatic rings. The molecule has 0 bridgehead atoms. The Morgan fingerprint density at radius 3 is 2.22 bits per heavy atom. The number of para-hydroxylation sites is 1. The van der Waals surface area contributed by atoms with Crippen molar-refractivity contribution in [2.75, 3.05) is 13.2 Å². The smallest absolute Gasteiger partial charge is 0.449 e. The molecule has 1 saturated heterocycles. The van der Waals surface area contributed by atoms with Gasteiger partial charge in [-0.2, -0.15) is 0 Å². The predicted molar refractivity (Wildman–Crippen MR) is 162 cm³/mol. The van der Waals surface area contributed by atoms with Crippen LogP contribution in [-0.4, -0.2) is 42.5 Å². The Kier molecular flexibility index (Phi) is 6.84. The molecule has 1 fully saturated rings. The third kappa shape index (κ3) is 4.98. The first kappa shape index (κ1) is 27.1. The van der Waals surface area contributed by atoms with Crippen molar-refractivity contribution >= 4 is 30.2 Å². The molecule has 208 valence electrons. The second-order valence-electron chi connectivity index (χ2n) is 11.6. The molecule has 41 heavy (non-hydrogen) atoms. The standard InChI is InChI=1S/C33H33BN2O5/c1-32(2)33(3,4)41-34(40-32)22(18-21-10-9-15-27-29(37)16-17-35-30(21)27)19-36-31(38)39-20-28-25-13-7-5-11-23(25)24-12-6-8-14-26(24)28/h5-18,28H,19-20H2,1-4H3,(H,35,37)(H,36,38). The quantitative estimate of drug-likeness (QED) is 0.285. The minimum atomic E-state index is -0.695. The summed E-state index contributed by atoms with van der Waals surface area (Å²) < 4.78 is 18.4. The first-order valence-corrected chi connectivity index (χ1v) is 13.9. The van der Waals surface area contributed by atoms with Crippen molar-refractivity contribution < 1.29 is 18.8 Å². The minimum Gasteiger partial charge on any atom is -0.449 e. The Hall–Kier alpha value is -4.14. The van der Waals surface area contributed by atoms with Gasteiger partial charge in [0, 0.05) is 30.1 Å². The van der Waals surface area contributed by atoms with Crippen molar-refractivity contribution in [1.82, 2.24) is 10.3 Å². The second-order valence-corrected chi connectivity index (χ2v) is 11.6. The molecule has 0 atom stereocenters. The number of benzene rings is 3. The second kappa shape index (κ2) is 10.4. The van der Waals surface area contributed by atoms with Gasteiger partial charge in [-0.25, -0.2) is 4.79 Å². The van der Waals surface area contributed by atoms with Crippen LogP contribution >= 0.6 is 0 Å². The SMILES string of the molecule is CC1(C)OB(C(=Cc2cccc3c(=O)cc[nH]c23)CNC(=O)OCC2c3ccccc3-c3ccccc32)OC1(C)C. The zero-order valence-electron chi connectivity index (χ0n) is 23.7. The van der Waals surface area contributed by atoms with E-state index < -0.39 is 24.4 Å². The number of pyridine rings is 1. The molecular weight excluding hydrogens is 515 g/mol. The van der Waals surface area contributed by atoms with Gasteiger partial charge in [-0.1, -0.05) is 66.7 Å². The lowest BCUT2D eigenvalue weighted by atomic mass is 9.77. The number of hydrogen-bond acceptors (Lipinski definition) is 5. The molecule has 7 nitrogen and oxygen atoms in total. The summed E-state index contributed by atoms with van der Waals surface area (Å²) in [5.41, 5.74) is 5.67. The predicted octanol–water partition coefficient (Wildman–Crippen LogP) is 6.08. The molecule has 0 spiro atoms. The maximum atomic E-state index is 13.0. The molecule has 0 saturated carbocycles. The molecule has 8 heteroatoms. The van der Waals surface area contributed by atoms with E-state index in [0.717, 1.165) is 16.7 Å². The van der Waals surface area contributed by atoms with Crippen LogP contribution in [0.5, 0.6) is 0 Å². The van der Waals surface area contributed by atoms with E-state index in [4.69, 9.17) is 14.0 Å². The number of carbonyl (C=O) groups excluding carboxylic acids is 1. The van der Waals surface area contributed by atoms with Crippen LogP contribution in [0.2, 0.25) is 0 Å². The molecule has 2 heterocycles. The van der Waals surface area contributed by atoms with Gasteiger partial charge in [0.2, 0.25) is 0 Å². The number of fused-ring (bicyclic) bond motifs is 4. The van der Waals surface area contributed by atoms with E-state index in [1.807, 2.05) is 70.2 Å². The van der Waals surface area contributed by atoms with Crippen molar-refractivity contribution in [2.45, 2.75) is 44.8 Å². The molecule has 3 aromatic carbocycles. The lowest BCUT2D eigenvalue weighted by molar-refractivity contribution is 0.00578. The number of aromatic amines is 1. The molecule has 1 aromatic heterocycles. The summed E-state index contributed by atoms with van der Waals surface area (Å²) in [6.45, 7) is 8.30. The Morgan fingerprint density at radius 2 is 1.56 bits per heavy atom. The third-order valence-corrected chi connectivity index (χ3v) is 8.50. The van der Waals surface area contributed by atoms with Crippen LogP contribution in [0.25, 0.3) is 28.1 Å². The van der Waals surface area contributed by atoms with Crippen LogP contribution in [0.3, 0.4) is 0 Å². The summed E-state index contributed by atoms with van der Waals surface area (Å²) in [5.74, 6) is -0.0289. The molecule has 1 aliphatic carbocycles. The lowest BCUT2D eigenvalue weighted by Crippen LogP contribution is -2.41. The van der Waals surface area contributed by atoms with Crippen LogP contribution in [0.4, 0.5) is 4.79 Å². The molecule has 1 aliphatic heterocycles. The third-order valence-electron chi connectivity index (χ3n) is 8.50. The lowest BCUT2D eigenvalue weighted by Gasteiger charge is -2.32. The first-order valence-electron chi connectivity index (χ1n) is 13.9. The van der Waals surface area contributed by atoms with Crippen LogP contribution in [0, 0.1) is 0 Å². The van der Waals surface area contributed by atoms with Gasteiger partial charge in [0.15, 0.2) is 5.43 Å². The van der Waals surface area contributed by atoms with E-state index in [2.05, 4.69) is 34.6 Å². The zero-order chi connectivity index (χ0) is 28.8. The number of hydrogen-bond donors (Lipinski definition) is 2. The van der Waals surface area contributed by atoms with Crippen LogP contribution in [0.15, 0.2) is 89.3 Å². The van der Waals surface area contributed by atoms with E-state index in [0.29, 0.717) is 16.4 Å². The number of aromatic nitrogens is 1. The topological polar surface area (TPSA) is 89.7 Å². The Balaban J connectivity index is 1.23. The molecule has 2 aliphatic rings. The van der Waals surface area contributed by atoms with Gasteiger partial charge >= 0.3 is 13.2 Å². The van der Waals surface area contributed by atoms with Gasteiger partial charge in [0.1, 0.15) is 6.61 Å². The number of nitrogens with one attached hydrogen (secondary N) is 2. The molecule has 2 N–H and O–H groups in total. The van der Waals surface area contributed by atoms with Gasteiger partial charge in [-0.15, -0.1) is 0 Å². The summed E-state index contributed by atoms with van der Waals surface area (Å²) in [5, 5.41) is 3.49. The fraction of sp³-hybridized carbons (Fsp3) is 0.273. The molecule has 0 unspecified atom stereocenters. The molecule has 0 radical (unpaired) electrons. The average molecular weight is 548 g/mol. The maximum absolute atomic E-state index is 13.0. The summed E-state index contributed by atoms with van der Waals surface area (Å²) in [4.78, 5) is 28.6. The number of carbonyl (C=O) groups is 1. The Bertz CT molecular complexity index is 1660. The van der Waals surface area contributed by atoms with Crippen molar-refractivity contribution in [3.63, 3.8) is 0 Å². The normalized spacial score (nSPS) is 17.4. The van der Waals surface area contributed by atoms with Gasteiger partial charge in [-0.3, -0.25) is 4.79 Å². The molecule has 6 rings (SSSR count). The van der Waals surface area contributed by atoms with E-state index in [1.165, 1.54) is 17.2 Å². The maximum Gasteiger partial charge on any atom is 0.492 e. The highest BCUT2D eigenvalue weighted by molar-refractivity contribution is 6.56. The number of H-pyrrole nitrogens is 1. The van der Waals surface area contributed by atoms with Gasteiger partial charge in [0.25, 0.3) is 0 Å². The molecular formula is C33H33BN2O5. The van der Waals surface area contributed by atoms with Crippen molar-refractivity contribution in [1.29, 1.82) is 0 Å². The first-order chi connectivity index (χ1) is 19.6. The summed E-state index contributed by atoms with van der Waals surface area (Å²) in [6.07, 6.45) is 3.01.